The van der Waals surface area contributed by atoms with Crippen LogP contribution in [0.3, 0.4) is 0 Å². The largest absolute Gasteiger partial charge is 0.376 e. The Morgan fingerprint density at radius 2 is 1.79 bits per heavy atom. The van der Waals surface area contributed by atoms with E-state index in [4.69, 9.17) is 9.73 Å². The van der Waals surface area contributed by atoms with Gasteiger partial charge in [-0.3, -0.25) is 0 Å². The summed E-state index contributed by atoms with van der Waals surface area (Å²) in [6.45, 7) is 1.74. The maximum atomic E-state index is 5.86. The lowest BCUT2D eigenvalue weighted by molar-refractivity contribution is 0.0968. The quantitative estimate of drug-likeness (QED) is 0.682. The smallest absolute Gasteiger partial charge is 0.190 e. The van der Waals surface area contributed by atoms with E-state index in [1.54, 1.807) is 11.3 Å². The van der Waals surface area contributed by atoms with Crippen LogP contribution in [0.4, 0.5) is 5.69 Å². The molecule has 24 heavy (non-hydrogen) atoms. The van der Waals surface area contributed by atoms with Gasteiger partial charge in [-0.05, 0) is 30.5 Å². The Morgan fingerprint density at radius 3 is 2.50 bits per heavy atom. The van der Waals surface area contributed by atoms with E-state index >= 15 is 0 Å². The van der Waals surface area contributed by atoms with E-state index in [1.807, 2.05) is 30.3 Å². The molecule has 3 aromatic rings. The minimum atomic E-state index is 0.289. The molecule has 1 aromatic heterocycles. The Morgan fingerprint density at radius 1 is 1.04 bits per heavy atom. The molecule has 0 aliphatic carbocycles. The van der Waals surface area contributed by atoms with Crippen molar-refractivity contribution in [3.05, 3.63) is 70.8 Å². The fourth-order valence-electron chi connectivity index (χ4n) is 3.04. The molecule has 1 atom stereocenters. The van der Waals surface area contributed by atoms with Gasteiger partial charge in [0.15, 0.2) is 4.80 Å². The Hall–Kier alpha value is -2.17. The lowest BCUT2D eigenvalue weighted by Crippen LogP contribution is -2.23. The summed E-state index contributed by atoms with van der Waals surface area (Å²) in [5.74, 6) is 0. The van der Waals surface area contributed by atoms with Crippen LogP contribution in [0.25, 0.3) is 11.3 Å². The van der Waals surface area contributed by atoms with Crippen molar-refractivity contribution in [1.82, 2.24) is 4.57 Å². The average Bonchev–Trinajstić information content (AvgIpc) is 3.28. The van der Waals surface area contributed by atoms with Gasteiger partial charge < -0.3 is 9.30 Å². The Balaban J connectivity index is 1.78. The van der Waals surface area contributed by atoms with E-state index in [2.05, 4.69) is 40.3 Å². The number of aromatic nitrogens is 1. The van der Waals surface area contributed by atoms with Gasteiger partial charge in [-0.15, -0.1) is 11.3 Å². The first-order valence-electron chi connectivity index (χ1n) is 8.35. The number of nitrogens with zero attached hydrogens (tertiary/aromatic N) is 2. The van der Waals surface area contributed by atoms with E-state index < -0.39 is 0 Å². The van der Waals surface area contributed by atoms with Gasteiger partial charge in [0.05, 0.1) is 24.0 Å². The molecule has 1 fully saturated rings. The van der Waals surface area contributed by atoms with Crippen molar-refractivity contribution in [2.45, 2.75) is 25.5 Å². The monoisotopic (exact) mass is 336 g/mol. The molecule has 0 N–H and O–H groups in total. The molecule has 4 rings (SSSR count). The van der Waals surface area contributed by atoms with Crippen LogP contribution in [0.15, 0.2) is 71.0 Å². The first-order valence-corrected chi connectivity index (χ1v) is 9.23. The van der Waals surface area contributed by atoms with Gasteiger partial charge in [0, 0.05) is 12.0 Å². The zero-order valence-corrected chi connectivity index (χ0v) is 14.3. The summed E-state index contributed by atoms with van der Waals surface area (Å²) in [5, 5.41) is 2.20. The van der Waals surface area contributed by atoms with Gasteiger partial charge in [-0.25, -0.2) is 4.99 Å². The van der Waals surface area contributed by atoms with Gasteiger partial charge in [-0.1, -0.05) is 48.5 Å². The molecular formula is C20H20N2OS. The van der Waals surface area contributed by atoms with Crippen LogP contribution in [0.2, 0.25) is 0 Å². The number of rotatable bonds is 4. The molecule has 1 aliphatic heterocycles. The summed E-state index contributed by atoms with van der Waals surface area (Å²) < 4.78 is 8.17. The lowest BCUT2D eigenvalue weighted by Gasteiger charge is -2.14. The molecule has 1 aliphatic rings. The van der Waals surface area contributed by atoms with Crippen LogP contribution >= 0.6 is 11.3 Å². The standard InChI is InChI=1S/C20H20N2OS/c1-3-8-16(9-4-1)19-15-24-20(21-17-10-5-2-6-11-17)22(19)14-18-12-7-13-23-18/h1-6,8-11,15,18H,7,12-14H2/t18-/m0/s1. The molecule has 0 radical (unpaired) electrons. The number of hydrogen-bond acceptors (Lipinski definition) is 3. The molecule has 122 valence electrons. The topological polar surface area (TPSA) is 26.5 Å². The molecular weight excluding hydrogens is 316 g/mol. The zero-order valence-electron chi connectivity index (χ0n) is 13.5. The first-order chi connectivity index (χ1) is 11.9. The fourth-order valence-corrected chi connectivity index (χ4v) is 3.98. The van der Waals surface area contributed by atoms with Crippen LogP contribution < -0.4 is 4.80 Å². The van der Waals surface area contributed by atoms with Crippen LogP contribution in [0.5, 0.6) is 0 Å². The maximum Gasteiger partial charge on any atom is 0.190 e. The fraction of sp³-hybridized carbons (Fsp3) is 0.250. The second-order valence-electron chi connectivity index (χ2n) is 5.96. The zero-order chi connectivity index (χ0) is 16.2. The second kappa shape index (κ2) is 7.16. The molecule has 1 saturated heterocycles. The number of para-hydroxylation sites is 1. The van der Waals surface area contributed by atoms with Crippen LogP contribution in [0.1, 0.15) is 12.8 Å². The molecule has 3 nitrogen and oxygen atoms in total. The number of thiazole rings is 1. The summed E-state index contributed by atoms with van der Waals surface area (Å²) in [4.78, 5) is 5.88. The Labute approximate surface area is 145 Å². The highest BCUT2D eigenvalue weighted by atomic mass is 32.1. The summed E-state index contributed by atoms with van der Waals surface area (Å²) in [5.41, 5.74) is 3.42. The molecule has 0 bridgehead atoms. The lowest BCUT2D eigenvalue weighted by atomic mass is 10.1. The molecule has 0 saturated carbocycles. The predicted molar refractivity (Wildman–Crippen MR) is 98.4 cm³/mol. The summed E-state index contributed by atoms with van der Waals surface area (Å²) in [6, 6.07) is 20.7. The summed E-state index contributed by atoms with van der Waals surface area (Å²) in [6.07, 6.45) is 2.57. The number of benzene rings is 2. The third-order valence-electron chi connectivity index (χ3n) is 4.26. The van der Waals surface area contributed by atoms with Gasteiger partial charge >= 0.3 is 0 Å². The van der Waals surface area contributed by atoms with Crippen molar-refractivity contribution in [1.29, 1.82) is 0 Å². The summed E-state index contributed by atoms with van der Waals surface area (Å²) >= 11 is 1.69. The van der Waals surface area contributed by atoms with E-state index in [-0.39, 0.29) is 6.10 Å². The van der Waals surface area contributed by atoms with Crippen LogP contribution in [-0.4, -0.2) is 17.3 Å². The summed E-state index contributed by atoms with van der Waals surface area (Å²) in [7, 11) is 0. The van der Waals surface area contributed by atoms with Crippen molar-refractivity contribution < 1.29 is 4.74 Å². The van der Waals surface area contributed by atoms with Gasteiger partial charge in [-0.2, -0.15) is 0 Å². The first kappa shape index (κ1) is 15.4. The van der Waals surface area contributed by atoms with E-state index in [9.17, 15) is 0 Å². The molecule has 2 aromatic carbocycles. The van der Waals surface area contributed by atoms with Crippen molar-refractivity contribution >= 4 is 17.0 Å². The van der Waals surface area contributed by atoms with Crippen LogP contribution in [-0.2, 0) is 11.3 Å². The number of hydrogen-bond donors (Lipinski definition) is 0. The number of ether oxygens (including phenoxy) is 1. The van der Waals surface area contributed by atoms with E-state index in [0.717, 1.165) is 36.5 Å². The molecule has 2 heterocycles. The van der Waals surface area contributed by atoms with Crippen molar-refractivity contribution in [2.24, 2.45) is 4.99 Å². The minimum Gasteiger partial charge on any atom is -0.376 e. The highest BCUT2D eigenvalue weighted by Crippen LogP contribution is 2.23. The van der Waals surface area contributed by atoms with Gasteiger partial charge in [0.2, 0.25) is 0 Å². The van der Waals surface area contributed by atoms with Crippen molar-refractivity contribution in [3.63, 3.8) is 0 Å². The molecule has 0 spiro atoms. The van der Waals surface area contributed by atoms with Gasteiger partial charge in [0.1, 0.15) is 0 Å². The van der Waals surface area contributed by atoms with Crippen molar-refractivity contribution in [3.8, 4) is 11.3 Å². The second-order valence-corrected chi connectivity index (χ2v) is 6.80. The normalized spacial score (nSPS) is 18.2. The van der Waals surface area contributed by atoms with E-state index in [0.29, 0.717) is 0 Å². The highest BCUT2D eigenvalue weighted by molar-refractivity contribution is 7.07. The molecule has 0 unspecified atom stereocenters. The average molecular weight is 336 g/mol. The maximum absolute atomic E-state index is 5.86. The van der Waals surface area contributed by atoms with Gasteiger partial charge in [0.25, 0.3) is 0 Å². The highest BCUT2D eigenvalue weighted by Gasteiger charge is 2.18. The van der Waals surface area contributed by atoms with Crippen LogP contribution in [0, 0.1) is 0 Å². The third-order valence-corrected chi connectivity index (χ3v) is 5.12. The van der Waals surface area contributed by atoms with Crippen molar-refractivity contribution in [2.75, 3.05) is 6.61 Å². The minimum absolute atomic E-state index is 0.289. The Bertz CT molecular complexity index is 846. The SMILES string of the molecule is c1ccc(N=c2scc(-c3ccccc3)n2C[C@@H]2CCCO2)cc1. The Kier molecular flexibility index (Phi) is 4.58. The molecule has 0 amide bonds. The third kappa shape index (κ3) is 3.35. The predicted octanol–water partition coefficient (Wildman–Crippen LogP) is 4.63. The molecule has 4 heteroatoms. The van der Waals surface area contributed by atoms with E-state index in [1.165, 1.54) is 11.3 Å².